The first-order chi connectivity index (χ1) is 11.5. The van der Waals surface area contributed by atoms with Crippen LogP contribution in [-0.4, -0.2) is 30.3 Å². The van der Waals surface area contributed by atoms with E-state index in [1.54, 1.807) is 52.4 Å². The molecule has 3 rings (SSSR count). The van der Waals surface area contributed by atoms with Gasteiger partial charge in [-0.2, -0.15) is 0 Å². The number of halogens is 2. The Labute approximate surface area is 158 Å². The Morgan fingerprint density at radius 2 is 2.12 bits per heavy atom. The van der Waals surface area contributed by atoms with Crippen molar-refractivity contribution >= 4 is 56.4 Å². The van der Waals surface area contributed by atoms with E-state index in [0.717, 1.165) is 15.0 Å². The van der Waals surface area contributed by atoms with Gasteiger partial charge in [0.15, 0.2) is 0 Å². The molecule has 0 aliphatic carbocycles. The molecule has 1 aliphatic rings. The van der Waals surface area contributed by atoms with Crippen molar-refractivity contribution in [2.75, 3.05) is 18.5 Å². The van der Waals surface area contributed by atoms with Crippen LogP contribution in [0.25, 0.3) is 0 Å². The molecule has 2 aromatic rings. The summed E-state index contributed by atoms with van der Waals surface area (Å²) in [4.78, 5) is 29.7. The molecule has 0 spiro atoms. The smallest absolute Gasteiger partial charge is 0.239 e. The zero-order valence-electron chi connectivity index (χ0n) is 13.0. The SMILES string of the molecule is CN(Cc1cc(Br)cs1)C(=O)C1CCN(c2ccc(Cl)cc2)C1=O. The second-order valence-electron chi connectivity index (χ2n) is 5.73. The van der Waals surface area contributed by atoms with Gasteiger partial charge in [-0.25, -0.2) is 0 Å². The second-order valence-corrected chi connectivity index (χ2v) is 8.08. The lowest BCUT2D eigenvalue weighted by atomic mass is 10.1. The quantitative estimate of drug-likeness (QED) is 0.687. The van der Waals surface area contributed by atoms with Crippen LogP contribution < -0.4 is 4.90 Å². The van der Waals surface area contributed by atoms with Crippen LogP contribution in [0.3, 0.4) is 0 Å². The molecule has 1 aromatic heterocycles. The Kier molecular flexibility index (Phi) is 5.27. The van der Waals surface area contributed by atoms with Crippen molar-refractivity contribution in [1.82, 2.24) is 4.90 Å². The summed E-state index contributed by atoms with van der Waals surface area (Å²) in [5.74, 6) is -0.864. The zero-order chi connectivity index (χ0) is 17.3. The van der Waals surface area contributed by atoms with Crippen LogP contribution in [0.15, 0.2) is 40.2 Å². The van der Waals surface area contributed by atoms with Gasteiger partial charge < -0.3 is 9.80 Å². The van der Waals surface area contributed by atoms with Crippen LogP contribution >= 0.6 is 38.9 Å². The van der Waals surface area contributed by atoms with Crippen molar-refractivity contribution in [3.8, 4) is 0 Å². The van der Waals surface area contributed by atoms with Gasteiger partial charge in [0, 0.05) is 39.0 Å². The van der Waals surface area contributed by atoms with Gasteiger partial charge in [0.05, 0.1) is 6.54 Å². The topological polar surface area (TPSA) is 40.6 Å². The third-order valence-corrected chi connectivity index (χ3v) is 5.97. The van der Waals surface area contributed by atoms with Crippen LogP contribution in [0.5, 0.6) is 0 Å². The number of hydrogen-bond acceptors (Lipinski definition) is 3. The largest absolute Gasteiger partial charge is 0.340 e. The minimum atomic E-state index is -0.603. The number of nitrogens with zero attached hydrogens (tertiary/aromatic N) is 2. The van der Waals surface area contributed by atoms with Crippen LogP contribution in [0.1, 0.15) is 11.3 Å². The Bertz CT molecular complexity index is 762. The summed E-state index contributed by atoms with van der Waals surface area (Å²) in [7, 11) is 1.74. The first kappa shape index (κ1) is 17.5. The van der Waals surface area contributed by atoms with Crippen LogP contribution in [0.4, 0.5) is 5.69 Å². The maximum atomic E-state index is 12.6. The highest BCUT2D eigenvalue weighted by molar-refractivity contribution is 9.10. The summed E-state index contributed by atoms with van der Waals surface area (Å²) in [5.41, 5.74) is 0.782. The lowest BCUT2D eigenvalue weighted by Crippen LogP contribution is -2.37. The van der Waals surface area contributed by atoms with E-state index in [4.69, 9.17) is 11.6 Å². The Morgan fingerprint density at radius 1 is 1.42 bits per heavy atom. The van der Waals surface area contributed by atoms with Gasteiger partial charge in [-0.15, -0.1) is 11.3 Å². The molecular weight excluding hydrogens is 412 g/mol. The second kappa shape index (κ2) is 7.25. The van der Waals surface area contributed by atoms with Crippen molar-refractivity contribution in [3.63, 3.8) is 0 Å². The average molecular weight is 428 g/mol. The van der Waals surface area contributed by atoms with E-state index in [1.165, 1.54) is 0 Å². The van der Waals surface area contributed by atoms with Gasteiger partial charge in [-0.05, 0) is 52.7 Å². The van der Waals surface area contributed by atoms with E-state index >= 15 is 0 Å². The fourth-order valence-corrected chi connectivity index (χ4v) is 4.43. The summed E-state index contributed by atoms with van der Waals surface area (Å²) >= 11 is 10.9. The Morgan fingerprint density at radius 3 is 2.75 bits per heavy atom. The van der Waals surface area contributed by atoms with Gasteiger partial charge in [0.1, 0.15) is 5.92 Å². The maximum Gasteiger partial charge on any atom is 0.239 e. The molecule has 2 heterocycles. The molecule has 1 unspecified atom stereocenters. The highest BCUT2D eigenvalue weighted by Crippen LogP contribution is 2.28. The fraction of sp³-hybridized carbons (Fsp3) is 0.294. The summed E-state index contributed by atoms with van der Waals surface area (Å²) in [6.45, 7) is 1.06. The van der Waals surface area contributed by atoms with Crippen LogP contribution in [0.2, 0.25) is 5.02 Å². The molecule has 0 bridgehead atoms. The summed E-state index contributed by atoms with van der Waals surface area (Å²) in [6.07, 6.45) is 0.540. The fourth-order valence-electron chi connectivity index (χ4n) is 2.80. The molecule has 1 atom stereocenters. The summed E-state index contributed by atoms with van der Waals surface area (Å²) < 4.78 is 1.01. The molecule has 0 saturated carbocycles. The molecule has 1 aromatic carbocycles. The van der Waals surface area contributed by atoms with Gasteiger partial charge in [0.25, 0.3) is 0 Å². The van der Waals surface area contributed by atoms with E-state index in [-0.39, 0.29) is 11.8 Å². The standard InChI is InChI=1S/C17H16BrClN2O2S/c1-20(9-14-8-11(18)10-24-14)16(22)15-6-7-21(17(15)23)13-4-2-12(19)3-5-13/h2-5,8,10,15H,6-7,9H2,1H3. The monoisotopic (exact) mass is 426 g/mol. The summed E-state index contributed by atoms with van der Waals surface area (Å²) in [6, 6.07) is 9.10. The molecule has 1 saturated heterocycles. The van der Waals surface area contributed by atoms with E-state index < -0.39 is 5.92 Å². The number of amides is 2. The normalized spacial score (nSPS) is 17.4. The number of rotatable bonds is 4. The number of hydrogen-bond donors (Lipinski definition) is 0. The molecule has 7 heteroatoms. The molecule has 1 aliphatic heterocycles. The van der Waals surface area contributed by atoms with Crippen LogP contribution in [0, 0.1) is 5.92 Å². The predicted molar refractivity (Wildman–Crippen MR) is 100 cm³/mol. The molecule has 0 N–H and O–H groups in total. The molecule has 24 heavy (non-hydrogen) atoms. The van der Waals surface area contributed by atoms with E-state index in [0.29, 0.717) is 24.5 Å². The van der Waals surface area contributed by atoms with Gasteiger partial charge in [-0.1, -0.05) is 11.6 Å². The van der Waals surface area contributed by atoms with E-state index in [1.807, 2.05) is 11.4 Å². The van der Waals surface area contributed by atoms with Gasteiger partial charge in [-0.3, -0.25) is 9.59 Å². The van der Waals surface area contributed by atoms with Crippen molar-refractivity contribution in [3.05, 3.63) is 50.1 Å². The lowest BCUT2D eigenvalue weighted by Gasteiger charge is -2.21. The van der Waals surface area contributed by atoms with Crippen molar-refractivity contribution in [1.29, 1.82) is 0 Å². The Hall–Kier alpha value is -1.37. The van der Waals surface area contributed by atoms with Gasteiger partial charge >= 0.3 is 0 Å². The van der Waals surface area contributed by atoms with Crippen molar-refractivity contribution < 1.29 is 9.59 Å². The number of anilines is 1. The number of carbonyl (C=O) groups is 2. The number of carbonyl (C=O) groups excluding carboxylic acids is 2. The molecule has 2 amide bonds. The minimum absolute atomic E-state index is 0.124. The summed E-state index contributed by atoms with van der Waals surface area (Å²) in [5, 5.41) is 2.61. The first-order valence-electron chi connectivity index (χ1n) is 7.50. The Balaban J connectivity index is 1.67. The average Bonchev–Trinajstić information content (AvgIpc) is 3.13. The number of thiophene rings is 1. The first-order valence-corrected chi connectivity index (χ1v) is 9.55. The molecule has 4 nitrogen and oxygen atoms in total. The predicted octanol–water partition coefficient (Wildman–Crippen LogP) is 4.18. The zero-order valence-corrected chi connectivity index (χ0v) is 16.2. The van der Waals surface area contributed by atoms with E-state index in [2.05, 4.69) is 15.9 Å². The molecular formula is C17H16BrClN2O2S. The lowest BCUT2D eigenvalue weighted by molar-refractivity contribution is -0.139. The van der Waals surface area contributed by atoms with Crippen molar-refractivity contribution in [2.45, 2.75) is 13.0 Å². The number of benzene rings is 1. The highest BCUT2D eigenvalue weighted by atomic mass is 79.9. The highest BCUT2D eigenvalue weighted by Gasteiger charge is 2.38. The molecule has 0 radical (unpaired) electrons. The van der Waals surface area contributed by atoms with Crippen LogP contribution in [-0.2, 0) is 16.1 Å². The maximum absolute atomic E-state index is 12.6. The van der Waals surface area contributed by atoms with Crippen molar-refractivity contribution in [2.24, 2.45) is 5.92 Å². The molecule has 126 valence electrons. The third kappa shape index (κ3) is 3.66. The van der Waals surface area contributed by atoms with Gasteiger partial charge in [0.2, 0.25) is 11.8 Å². The minimum Gasteiger partial charge on any atom is -0.340 e. The third-order valence-electron chi connectivity index (χ3n) is 4.03. The molecule has 1 fully saturated rings. The van der Waals surface area contributed by atoms with E-state index in [9.17, 15) is 9.59 Å².